The molecule has 0 radical (unpaired) electrons. The molecular formula is C28H48N4O4. The van der Waals surface area contributed by atoms with Crippen LogP contribution in [0.1, 0.15) is 72.9 Å². The molecule has 204 valence electrons. The second-order valence-corrected chi connectivity index (χ2v) is 11.9. The minimum absolute atomic E-state index is 0.315. The van der Waals surface area contributed by atoms with Gasteiger partial charge in [-0.05, 0) is 98.3 Å². The quantitative estimate of drug-likeness (QED) is 0.519. The molecule has 2 aliphatic rings. The van der Waals surface area contributed by atoms with Crippen LogP contribution in [0.25, 0.3) is 0 Å². The second-order valence-electron chi connectivity index (χ2n) is 11.9. The molecule has 2 fully saturated rings. The summed E-state index contributed by atoms with van der Waals surface area (Å²) in [6, 6.07) is 11.0. The third kappa shape index (κ3) is 12.1. The predicted octanol–water partition coefficient (Wildman–Crippen LogP) is 4.71. The molecule has 2 saturated heterocycles. The van der Waals surface area contributed by atoms with Crippen molar-refractivity contribution in [1.82, 2.24) is 20.9 Å². The van der Waals surface area contributed by atoms with Crippen molar-refractivity contribution in [2.45, 2.75) is 78.6 Å². The Balaban J connectivity index is 0.000000281. The smallest absolute Gasteiger partial charge is 0.407 e. The Morgan fingerprint density at radius 1 is 0.944 bits per heavy atom. The van der Waals surface area contributed by atoms with Crippen molar-refractivity contribution in [2.24, 2.45) is 11.8 Å². The summed E-state index contributed by atoms with van der Waals surface area (Å²) < 4.78 is 10.4. The minimum atomic E-state index is -0.437. The van der Waals surface area contributed by atoms with E-state index in [1.54, 1.807) is 0 Å². The van der Waals surface area contributed by atoms with Gasteiger partial charge in [0.25, 0.3) is 0 Å². The zero-order valence-electron chi connectivity index (χ0n) is 23.4. The van der Waals surface area contributed by atoms with Crippen molar-refractivity contribution in [3.05, 3.63) is 35.9 Å². The maximum Gasteiger partial charge on any atom is 0.407 e. The van der Waals surface area contributed by atoms with Crippen molar-refractivity contribution in [3.63, 3.8) is 0 Å². The molecule has 2 heterocycles. The summed E-state index contributed by atoms with van der Waals surface area (Å²) >= 11 is 0. The van der Waals surface area contributed by atoms with E-state index in [9.17, 15) is 9.59 Å². The van der Waals surface area contributed by atoms with Gasteiger partial charge in [-0.2, -0.15) is 0 Å². The normalized spacial score (nSPS) is 21.2. The van der Waals surface area contributed by atoms with E-state index >= 15 is 0 Å². The molecule has 36 heavy (non-hydrogen) atoms. The van der Waals surface area contributed by atoms with E-state index in [0.29, 0.717) is 31.0 Å². The third-order valence-corrected chi connectivity index (χ3v) is 6.18. The molecule has 2 aliphatic heterocycles. The number of rotatable bonds is 6. The zero-order valence-corrected chi connectivity index (χ0v) is 23.4. The lowest BCUT2D eigenvalue weighted by Gasteiger charge is -2.25. The first kappa shape index (κ1) is 29.9. The molecule has 2 amide bonds. The number of benzene rings is 1. The van der Waals surface area contributed by atoms with Gasteiger partial charge in [-0.25, -0.2) is 9.59 Å². The first-order chi connectivity index (χ1) is 16.8. The van der Waals surface area contributed by atoms with Gasteiger partial charge in [-0.15, -0.1) is 0 Å². The van der Waals surface area contributed by atoms with Crippen LogP contribution in [0, 0.1) is 11.8 Å². The highest BCUT2D eigenvalue weighted by Gasteiger charge is 2.27. The molecule has 0 unspecified atom stereocenters. The second kappa shape index (κ2) is 13.8. The largest absolute Gasteiger partial charge is 0.444 e. The van der Waals surface area contributed by atoms with Crippen molar-refractivity contribution in [3.8, 4) is 0 Å². The lowest BCUT2D eigenvalue weighted by molar-refractivity contribution is 0.0508. The third-order valence-electron chi connectivity index (χ3n) is 6.18. The Labute approximate surface area is 217 Å². The summed E-state index contributed by atoms with van der Waals surface area (Å²) in [6.45, 7) is 19.0. The zero-order chi connectivity index (χ0) is 26.8. The Morgan fingerprint density at radius 2 is 1.50 bits per heavy atom. The van der Waals surface area contributed by atoms with E-state index in [-0.39, 0.29) is 12.2 Å². The highest BCUT2D eigenvalue weighted by molar-refractivity contribution is 5.68. The van der Waals surface area contributed by atoms with E-state index in [1.807, 2.05) is 47.6 Å². The van der Waals surface area contributed by atoms with Crippen molar-refractivity contribution < 1.29 is 19.1 Å². The highest BCUT2D eigenvalue weighted by Crippen LogP contribution is 2.27. The summed E-state index contributed by atoms with van der Waals surface area (Å²) in [7, 11) is 0. The molecule has 3 rings (SSSR count). The molecule has 8 nitrogen and oxygen atoms in total. The molecule has 0 spiro atoms. The Hall–Kier alpha value is -2.32. The number of hydrogen-bond acceptors (Lipinski definition) is 6. The van der Waals surface area contributed by atoms with Crippen LogP contribution in [0.2, 0.25) is 0 Å². The molecular weight excluding hydrogens is 456 g/mol. The van der Waals surface area contributed by atoms with Crippen LogP contribution in [0.3, 0.4) is 0 Å². The number of amides is 2. The van der Waals surface area contributed by atoms with Crippen molar-refractivity contribution in [1.29, 1.82) is 0 Å². The van der Waals surface area contributed by atoms with Gasteiger partial charge in [0.15, 0.2) is 0 Å². The number of carbonyl (C=O) groups excluding carboxylic acids is 2. The predicted molar refractivity (Wildman–Crippen MR) is 144 cm³/mol. The average Bonchev–Trinajstić information content (AvgIpc) is 3.47. The van der Waals surface area contributed by atoms with Crippen LogP contribution in [-0.2, 0) is 9.47 Å². The molecule has 1 aromatic rings. The number of likely N-dealkylation sites (tertiary alicyclic amines) is 1. The van der Waals surface area contributed by atoms with Gasteiger partial charge in [0, 0.05) is 25.7 Å². The van der Waals surface area contributed by atoms with Crippen LogP contribution in [0.4, 0.5) is 9.59 Å². The van der Waals surface area contributed by atoms with E-state index < -0.39 is 11.2 Å². The summed E-state index contributed by atoms with van der Waals surface area (Å²) in [4.78, 5) is 25.4. The van der Waals surface area contributed by atoms with Crippen LogP contribution in [-0.4, -0.2) is 67.6 Å². The fourth-order valence-electron chi connectivity index (χ4n) is 4.30. The monoisotopic (exact) mass is 504 g/mol. The van der Waals surface area contributed by atoms with Gasteiger partial charge in [0.05, 0.1) is 0 Å². The SMILES string of the molecule is CC(C)(C)OC(=O)NC[C@H]1CCNC1.C[C@@H](c1ccccc1)N1CC[C@H](CNC(=O)OC(C)(C)C)C1. The molecule has 0 bridgehead atoms. The Kier molecular flexibility index (Phi) is 11.5. The standard InChI is InChI=1S/C18H28N2O2.C10H20N2O2/c1-14(16-8-6-5-7-9-16)20-11-10-15(13-20)12-19-17(21)22-18(2,3)4;1-10(2,3)14-9(13)12-7-8-4-5-11-6-8/h5-9,14-15H,10-13H2,1-4H3,(H,19,21);8,11H,4-7H2,1-3H3,(H,12,13)/t14-,15+;8-/m00/s1. The van der Waals surface area contributed by atoms with Crippen molar-refractivity contribution >= 4 is 12.2 Å². The van der Waals surface area contributed by atoms with E-state index in [4.69, 9.17) is 9.47 Å². The maximum atomic E-state index is 11.7. The van der Waals surface area contributed by atoms with Gasteiger partial charge >= 0.3 is 12.2 Å². The molecule has 3 N–H and O–H groups in total. The van der Waals surface area contributed by atoms with E-state index in [2.05, 4.69) is 52.0 Å². The van der Waals surface area contributed by atoms with Gasteiger partial charge in [-0.1, -0.05) is 30.3 Å². The molecule has 0 saturated carbocycles. The number of nitrogens with zero attached hydrogens (tertiary/aromatic N) is 1. The summed E-state index contributed by atoms with van der Waals surface area (Å²) in [6.07, 6.45) is 1.62. The Morgan fingerprint density at radius 3 is 2.00 bits per heavy atom. The topological polar surface area (TPSA) is 91.9 Å². The number of alkyl carbamates (subject to hydrolysis) is 2. The summed E-state index contributed by atoms with van der Waals surface area (Å²) in [5, 5.41) is 8.92. The van der Waals surface area contributed by atoms with Crippen LogP contribution in [0.5, 0.6) is 0 Å². The van der Waals surface area contributed by atoms with Crippen LogP contribution >= 0.6 is 0 Å². The molecule has 3 atom stereocenters. The van der Waals surface area contributed by atoms with Gasteiger partial charge in [0.1, 0.15) is 11.2 Å². The fraction of sp³-hybridized carbons (Fsp3) is 0.714. The molecule has 1 aromatic carbocycles. The van der Waals surface area contributed by atoms with E-state index in [0.717, 1.165) is 39.0 Å². The lowest BCUT2D eigenvalue weighted by atomic mass is 10.1. The maximum absolute atomic E-state index is 11.7. The van der Waals surface area contributed by atoms with Gasteiger partial charge in [-0.3, -0.25) is 4.90 Å². The first-order valence-electron chi connectivity index (χ1n) is 13.3. The number of hydrogen-bond donors (Lipinski definition) is 3. The average molecular weight is 505 g/mol. The molecule has 0 aliphatic carbocycles. The van der Waals surface area contributed by atoms with E-state index in [1.165, 1.54) is 5.56 Å². The van der Waals surface area contributed by atoms with Crippen LogP contribution in [0.15, 0.2) is 30.3 Å². The lowest BCUT2D eigenvalue weighted by Crippen LogP contribution is -2.36. The summed E-state index contributed by atoms with van der Waals surface area (Å²) in [5.74, 6) is 1.06. The fourth-order valence-corrected chi connectivity index (χ4v) is 4.30. The first-order valence-corrected chi connectivity index (χ1v) is 13.3. The highest BCUT2D eigenvalue weighted by atomic mass is 16.6. The number of nitrogens with one attached hydrogen (secondary N) is 3. The number of ether oxygens (including phenoxy) is 2. The van der Waals surface area contributed by atoms with Crippen molar-refractivity contribution in [2.75, 3.05) is 39.3 Å². The number of carbonyl (C=O) groups is 2. The molecule has 0 aromatic heterocycles. The Bertz CT molecular complexity index is 798. The molecule has 8 heteroatoms. The van der Waals surface area contributed by atoms with Gasteiger partial charge < -0.3 is 25.4 Å². The van der Waals surface area contributed by atoms with Gasteiger partial charge in [0.2, 0.25) is 0 Å². The minimum Gasteiger partial charge on any atom is -0.444 e. The summed E-state index contributed by atoms with van der Waals surface area (Å²) in [5.41, 5.74) is 0.509. The van der Waals surface area contributed by atoms with Crippen LogP contribution < -0.4 is 16.0 Å².